The van der Waals surface area contributed by atoms with Crippen LogP contribution in [0.25, 0.3) is 0 Å². The molecule has 2 N–H and O–H groups in total. The number of hydrogen-bond acceptors (Lipinski definition) is 4. The number of nitrogens with two attached hydrogens (primary N) is 1. The third-order valence-corrected chi connectivity index (χ3v) is 2.27. The standard InChI is InChI=1S/C12H10ClNO3/c1-17-12(16)9-6-8(4-2-3-5-15)10(13)7-11(9)14/h5-7H,3,14H2,1H3. The van der Waals surface area contributed by atoms with Gasteiger partial charge in [-0.2, -0.15) is 0 Å². The molecule has 0 aliphatic rings. The summed E-state index contributed by atoms with van der Waals surface area (Å²) >= 11 is 5.91. The topological polar surface area (TPSA) is 69.4 Å². The summed E-state index contributed by atoms with van der Waals surface area (Å²) in [5.41, 5.74) is 6.49. The Kier molecular flexibility index (Phi) is 4.56. The van der Waals surface area contributed by atoms with Crippen LogP contribution in [0.3, 0.4) is 0 Å². The van der Waals surface area contributed by atoms with Gasteiger partial charge >= 0.3 is 5.97 Å². The van der Waals surface area contributed by atoms with E-state index in [0.29, 0.717) is 16.9 Å². The Hall–Kier alpha value is -1.99. The number of esters is 1. The lowest BCUT2D eigenvalue weighted by molar-refractivity contribution is -0.107. The van der Waals surface area contributed by atoms with Gasteiger partial charge in [0.2, 0.25) is 0 Å². The summed E-state index contributed by atoms with van der Waals surface area (Å²) < 4.78 is 4.57. The second-order valence-corrected chi connectivity index (χ2v) is 3.49. The molecular weight excluding hydrogens is 242 g/mol. The van der Waals surface area contributed by atoms with Gasteiger partial charge < -0.3 is 15.3 Å². The third kappa shape index (κ3) is 3.23. The molecule has 88 valence electrons. The summed E-state index contributed by atoms with van der Waals surface area (Å²) in [6.45, 7) is 0. The Morgan fingerprint density at radius 1 is 1.59 bits per heavy atom. The number of nitrogen functional groups attached to an aromatic ring is 1. The monoisotopic (exact) mass is 251 g/mol. The molecule has 1 rings (SSSR count). The quantitative estimate of drug-likeness (QED) is 0.376. The Balaban J connectivity index is 3.20. The van der Waals surface area contributed by atoms with E-state index in [1.165, 1.54) is 19.2 Å². The molecule has 0 aliphatic heterocycles. The van der Waals surface area contributed by atoms with E-state index in [2.05, 4.69) is 16.6 Å². The van der Waals surface area contributed by atoms with Gasteiger partial charge in [0.15, 0.2) is 0 Å². The second kappa shape index (κ2) is 5.92. The number of aldehydes is 1. The van der Waals surface area contributed by atoms with E-state index in [1.54, 1.807) is 0 Å². The first-order chi connectivity index (χ1) is 8.10. The van der Waals surface area contributed by atoms with Crippen molar-refractivity contribution in [1.29, 1.82) is 0 Å². The predicted molar refractivity (Wildman–Crippen MR) is 64.8 cm³/mol. The van der Waals surface area contributed by atoms with Gasteiger partial charge in [0.1, 0.15) is 6.29 Å². The molecule has 1 aromatic carbocycles. The molecule has 0 amide bonds. The summed E-state index contributed by atoms with van der Waals surface area (Å²) in [5.74, 6) is 4.73. The molecule has 5 heteroatoms. The van der Waals surface area contributed by atoms with Crippen molar-refractivity contribution in [3.8, 4) is 11.8 Å². The highest BCUT2D eigenvalue weighted by molar-refractivity contribution is 6.32. The molecule has 4 nitrogen and oxygen atoms in total. The largest absolute Gasteiger partial charge is 0.465 e. The summed E-state index contributed by atoms with van der Waals surface area (Å²) in [7, 11) is 1.26. The fourth-order valence-electron chi connectivity index (χ4n) is 1.16. The van der Waals surface area contributed by atoms with Crippen LogP contribution in [0.1, 0.15) is 22.3 Å². The number of carbonyl (C=O) groups is 2. The fourth-order valence-corrected chi connectivity index (χ4v) is 1.38. The first kappa shape index (κ1) is 13.1. The van der Waals surface area contributed by atoms with E-state index < -0.39 is 5.97 Å². The number of methoxy groups -OCH3 is 1. The smallest absolute Gasteiger partial charge is 0.340 e. The van der Waals surface area contributed by atoms with Gasteiger partial charge in [0, 0.05) is 11.3 Å². The van der Waals surface area contributed by atoms with Gasteiger partial charge in [0.05, 0.1) is 24.1 Å². The fraction of sp³-hybridized carbons (Fsp3) is 0.167. The maximum absolute atomic E-state index is 11.4. The molecular formula is C12H10ClNO3. The summed E-state index contributed by atoms with van der Waals surface area (Å²) in [5, 5.41) is 0.327. The number of ether oxygens (including phenoxy) is 1. The highest BCUT2D eigenvalue weighted by atomic mass is 35.5. The van der Waals surface area contributed by atoms with Gasteiger partial charge in [-0.25, -0.2) is 4.79 Å². The maximum Gasteiger partial charge on any atom is 0.340 e. The minimum absolute atomic E-state index is 0.105. The van der Waals surface area contributed by atoms with Gasteiger partial charge in [-0.1, -0.05) is 23.4 Å². The van der Waals surface area contributed by atoms with Crippen LogP contribution in [-0.2, 0) is 9.53 Å². The number of anilines is 1. The van der Waals surface area contributed by atoms with Crippen LogP contribution in [0.15, 0.2) is 12.1 Å². The van der Waals surface area contributed by atoms with Crippen molar-refractivity contribution in [3.63, 3.8) is 0 Å². The van der Waals surface area contributed by atoms with Gasteiger partial charge in [-0.3, -0.25) is 0 Å². The van der Waals surface area contributed by atoms with E-state index in [1.807, 2.05) is 0 Å². The number of benzene rings is 1. The molecule has 0 saturated carbocycles. The van der Waals surface area contributed by atoms with Crippen molar-refractivity contribution in [2.75, 3.05) is 12.8 Å². The molecule has 0 heterocycles. The maximum atomic E-state index is 11.4. The minimum Gasteiger partial charge on any atom is -0.465 e. The summed E-state index contributed by atoms with van der Waals surface area (Å²) in [6, 6.07) is 2.88. The first-order valence-corrected chi connectivity index (χ1v) is 5.07. The zero-order chi connectivity index (χ0) is 12.8. The van der Waals surface area contributed by atoms with E-state index in [0.717, 1.165) is 0 Å². The van der Waals surface area contributed by atoms with Crippen molar-refractivity contribution in [1.82, 2.24) is 0 Å². The number of hydrogen-bond donors (Lipinski definition) is 1. The summed E-state index contributed by atoms with van der Waals surface area (Å²) in [4.78, 5) is 21.5. The predicted octanol–water partition coefficient (Wildman–Crippen LogP) is 1.65. The van der Waals surface area contributed by atoms with E-state index in [4.69, 9.17) is 17.3 Å². The molecule has 0 atom stereocenters. The van der Waals surface area contributed by atoms with Crippen molar-refractivity contribution in [3.05, 3.63) is 28.3 Å². The molecule has 1 aromatic rings. The van der Waals surface area contributed by atoms with Crippen LogP contribution in [0.2, 0.25) is 5.02 Å². The van der Waals surface area contributed by atoms with Crippen LogP contribution in [0.5, 0.6) is 0 Å². The van der Waals surface area contributed by atoms with Crippen molar-refractivity contribution in [2.24, 2.45) is 0 Å². The zero-order valence-electron chi connectivity index (χ0n) is 9.12. The highest BCUT2D eigenvalue weighted by Gasteiger charge is 2.12. The van der Waals surface area contributed by atoms with Crippen LogP contribution in [0, 0.1) is 11.8 Å². The van der Waals surface area contributed by atoms with Gasteiger partial charge in [0.25, 0.3) is 0 Å². The molecule has 0 bridgehead atoms. The van der Waals surface area contributed by atoms with Gasteiger partial charge in [-0.05, 0) is 12.1 Å². The number of carbonyl (C=O) groups excluding carboxylic acids is 2. The third-order valence-electron chi connectivity index (χ3n) is 1.95. The molecule has 0 fully saturated rings. The molecule has 17 heavy (non-hydrogen) atoms. The Bertz CT molecular complexity index is 514. The number of halogens is 1. The Morgan fingerprint density at radius 3 is 2.88 bits per heavy atom. The molecule has 0 saturated heterocycles. The molecule has 0 unspecified atom stereocenters. The average Bonchev–Trinajstić information content (AvgIpc) is 2.31. The Labute approximate surface area is 104 Å². The summed E-state index contributed by atoms with van der Waals surface area (Å²) in [6.07, 6.45) is 0.785. The lowest BCUT2D eigenvalue weighted by Gasteiger charge is -2.05. The van der Waals surface area contributed by atoms with Crippen molar-refractivity contribution in [2.45, 2.75) is 6.42 Å². The van der Waals surface area contributed by atoms with E-state index in [9.17, 15) is 9.59 Å². The van der Waals surface area contributed by atoms with Crippen LogP contribution in [-0.4, -0.2) is 19.4 Å². The van der Waals surface area contributed by atoms with Crippen LogP contribution >= 0.6 is 11.6 Å². The first-order valence-electron chi connectivity index (χ1n) is 4.70. The second-order valence-electron chi connectivity index (χ2n) is 3.08. The van der Waals surface area contributed by atoms with Crippen LogP contribution in [0.4, 0.5) is 5.69 Å². The molecule has 0 radical (unpaired) electrons. The lowest BCUT2D eigenvalue weighted by atomic mass is 10.1. The minimum atomic E-state index is -0.558. The van der Waals surface area contributed by atoms with E-state index >= 15 is 0 Å². The molecule has 0 spiro atoms. The molecule has 0 aromatic heterocycles. The highest BCUT2D eigenvalue weighted by Crippen LogP contribution is 2.23. The normalized spacial score (nSPS) is 9.06. The van der Waals surface area contributed by atoms with Crippen molar-refractivity contribution < 1.29 is 14.3 Å². The average molecular weight is 252 g/mol. The molecule has 0 aliphatic carbocycles. The SMILES string of the molecule is COC(=O)c1cc(C#CCC=O)c(Cl)cc1N. The lowest BCUT2D eigenvalue weighted by Crippen LogP contribution is -2.06. The Morgan fingerprint density at radius 2 is 2.29 bits per heavy atom. The van der Waals surface area contributed by atoms with Crippen molar-refractivity contribution >= 4 is 29.5 Å². The van der Waals surface area contributed by atoms with E-state index in [-0.39, 0.29) is 17.7 Å². The zero-order valence-corrected chi connectivity index (χ0v) is 9.88. The number of rotatable bonds is 2. The van der Waals surface area contributed by atoms with Crippen LogP contribution < -0.4 is 5.73 Å². The van der Waals surface area contributed by atoms with Gasteiger partial charge in [-0.15, -0.1) is 0 Å².